The SMILES string of the molecule is O=C1CC(C(=O)NCc2ccc3c(c2)OCO3)Cc2nc(NC(=O)C3CCC3)sc21. The van der Waals surface area contributed by atoms with Gasteiger partial charge >= 0.3 is 0 Å². The zero-order valence-corrected chi connectivity index (χ0v) is 17.0. The fraction of sp³-hybridized carbons (Fsp3) is 0.429. The van der Waals surface area contributed by atoms with Crippen LogP contribution in [0.3, 0.4) is 0 Å². The maximum Gasteiger partial charge on any atom is 0.231 e. The summed E-state index contributed by atoms with van der Waals surface area (Å²) in [5.74, 6) is 0.642. The minimum Gasteiger partial charge on any atom is -0.454 e. The van der Waals surface area contributed by atoms with Gasteiger partial charge in [0.15, 0.2) is 22.4 Å². The molecule has 2 heterocycles. The number of Topliss-reactive ketones (excluding diaryl/α,β-unsaturated/α-hetero) is 1. The Hall–Kier alpha value is -2.94. The molecule has 0 spiro atoms. The number of rotatable bonds is 5. The third kappa shape index (κ3) is 3.65. The van der Waals surface area contributed by atoms with E-state index >= 15 is 0 Å². The largest absolute Gasteiger partial charge is 0.454 e. The van der Waals surface area contributed by atoms with Crippen LogP contribution in [-0.2, 0) is 22.6 Å². The van der Waals surface area contributed by atoms with Gasteiger partial charge in [0.1, 0.15) is 0 Å². The van der Waals surface area contributed by atoms with Crippen LogP contribution in [0.4, 0.5) is 5.13 Å². The summed E-state index contributed by atoms with van der Waals surface area (Å²) in [6.07, 6.45) is 3.43. The summed E-state index contributed by atoms with van der Waals surface area (Å²) < 4.78 is 10.6. The van der Waals surface area contributed by atoms with E-state index in [-0.39, 0.29) is 36.7 Å². The molecule has 1 saturated carbocycles. The number of amides is 2. The van der Waals surface area contributed by atoms with Gasteiger partial charge in [-0.15, -0.1) is 0 Å². The first kappa shape index (κ1) is 19.0. The van der Waals surface area contributed by atoms with Gasteiger partial charge < -0.3 is 20.1 Å². The molecule has 9 heteroatoms. The molecule has 1 unspecified atom stereocenters. The highest BCUT2D eigenvalue weighted by molar-refractivity contribution is 7.17. The summed E-state index contributed by atoms with van der Waals surface area (Å²) in [6, 6.07) is 5.52. The molecule has 5 rings (SSSR count). The number of carbonyl (C=O) groups is 3. The molecule has 1 aliphatic heterocycles. The summed E-state index contributed by atoms with van der Waals surface area (Å²) in [4.78, 5) is 42.3. The van der Waals surface area contributed by atoms with Crippen molar-refractivity contribution >= 4 is 34.1 Å². The number of hydrogen-bond donors (Lipinski definition) is 2. The molecule has 2 amide bonds. The van der Waals surface area contributed by atoms with Gasteiger partial charge in [0.25, 0.3) is 0 Å². The zero-order chi connectivity index (χ0) is 20.7. The highest BCUT2D eigenvalue weighted by atomic mass is 32.1. The van der Waals surface area contributed by atoms with E-state index in [2.05, 4.69) is 15.6 Å². The molecular formula is C21H21N3O5S. The van der Waals surface area contributed by atoms with Crippen molar-refractivity contribution in [1.82, 2.24) is 10.3 Å². The molecule has 1 aromatic carbocycles. The Labute approximate surface area is 177 Å². The fourth-order valence-corrected chi connectivity index (χ4v) is 4.78. The molecule has 8 nitrogen and oxygen atoms in total. The number of carbonyl (C=O) groups excluding carboxylic acids is 3. The van der Waals surface area contributed by atoms with Crippen molar-refractivity contribution in [3.63, 3.8) is 0 Å². The van der Waals surface area contributed by atoms with Crippen molar-refractivity contribution in [1.29, 1.82) is 0 Å². The standard InChI is InChI=1S/C21H21N3O5S/c25-15-8-13(19(26)22-9-11-4-5-16-17(6-11)29-10-28-16)7-14-18(15)30-21(23-14)24-20(27)12-2-1-3-12/h4-6,12-13H,1-3,7-10H2,(H,22,26)(H,23,24,27). The first-order chi connectivity index (χ1) is 14.6. The Kier molecular flexibility index (Phi) is 4.90. The van der Waals surface area contributed by atoms with E-state index in [1.807, 2.05) is 18.2 Å². The molecule has 0 bridgehead atoms. The minimum atomic E-state index is -0.462. The summed E-state index contributed by atoms with van der Waals surface area (Å²) in [7, 11) is 0. The molecule has 2 N–H and O–H groups in total. The second-order valence-corrected chi connectivity index (χ2v) is 8.84. The monoisotopic (exact) mass is 427 g/mol. The maximum atomic E-state index is 12.7. The number of nitrogens with zero attached hydrogens (tertiary/aromatic N) is 1. The van der Waals surface area contributed by atoms with Gasteiger partial charge in [-0.25, -0.2) is 4.98 Å². The summed E-state index contributed by atoms with van der Waals surface area (Å²) in [5.41, 5.74) is 1.49. The Morgan fingerprint density at radius 3 is 2.73 bits per heavy atom. The molecular weight excluding hydrogens is 406 g/mol. The van der Waals surface area contributed by atoms with Crippen LogP contribution in [0.15, 0.2) is 18.2 Å². The van der Waals surface area contributed by atoms with Crippen molar-refractivity contribution < 1.29 is 23.9 Å². The third-order valence-electron chi connectivity index (χ3n) is 5.80. The van der Waals surface area contributed by atoms with Gasteiger partial charge in [0, 0.05) is 25.3 Å². The summed E-state index contributed by atoms with van der Waals surface area (Å²) >= 11 is 1.21. The van der Waals surface area contributed by atoms with Crippen molar-refractivity contribution in [2.24, 2.45) is 11.8 Å². The Bertz CT molecular complexity index is 1030. The predicted molar refractivity (Wildman–Crippen MR) is 109 cm³/mol. The van der Waals surface area contributed by atoms with Crippen LogP contribution in [0.1, 0.15) is 46.6 Å². The number of ether oxygens (including phenoxy) is 2. The van der Waals surface area contributed by atoms with Crippen molar-refractivity contribution in [3.05, 3.63) is 34.3 Å². The molecule has 2 aliphatic carbocycles. The number of benzene rings is 1. The Balaban J connectivity index is 1.21. The van der Waals surface area contributed by atoms with Crippen LogP contribution in [0, 0.1) is 11.8 Å². The van der Waals surface area contributed by atoms with Gasteiger partial charge in [-0.2, -0.15) is 0 Å². The third-order valence-corrected chi connectivity index (χ3v) is 6.86. The van der Waals surface area contributed by atoms with E-state index in [0.29, 0.717) is 40.2 Å². The number of thiazole rings is 1. The van der Waals surface area contributed by atoms with Crippen LogP contribution in [0.2, 0.25) is 0 Å². The predicted octanol–water partition coefficient (Wildman–Crippen LogP) is 2.67. The van der Waals surface area contributed by atoms with Crippen LogP contribution in [-0.4, -0.2) is 29.4 Å². The van der Waals surface area contributed by atoms with Gasteiger partial charge in [0.2, 0.25) is 18.6 Å². The number of ketones is 1. The van der Waals surface area contributed by atoms with Crippen LogP contribution in [0.5, 0.6) is 11.5 Å². The molecule has 2 aromatic rings. The second kappa shape index (κ2) is 7.71. The molecule has 0 saturated heterocycles. The molecule has 1 aromatic heterocycles. The average Bonchev–Trinajstić information content (AvgIpc) is 3.30. The van der Waals surface area contributed by atoms with Crippen LogP contribution >= 0.6 is 11.3 Å². The molecule has 1 fully saturated rings. The smallest absolute Gasteiger partial charge is 0.231 e. The highest BCUT2D eigenvalue weighted by Crippen LogP contribution is 2.35. The van der Waals surface area contributed by atoms with Gasteiger partial charge in [-0.3, -0.25) is 14.4 Å². The molecule has 1 atom stereocenters. The van der Waals surface area contributed by atoms with Gasteiger partial charge in [-0.1, -0.05) is 23.8 Å². The van der Waals surface area contributed by atoms with E-state index < -0.39 is 5.92 Å². The lowest BCUT2D eigenvalue weighted by atomic mass is 9.85. The molecule has 30 heavy (non-hydrogen) atoms. The normalized spacial score (nSPS) is 19.7. The lowest BCUT2D eigenvalue weighted by Gasteiger charge is -2.23. The van der Waals surface area contributed by atoms with Crippen molar-refractivity contribution in [2.45, 2.75) is 38.6 Å². The van der Waals surface area contributed by atoms with E-state index in [1.54, 1.807) is 0 Å². The first-order valence-electron chi connectivity index (χ1n) is 10.1. The fourth-order valence-electron chi connectivity index (χ4n) is 3.83. The van der Waals surface area contributed by atoms with Crippen LogP contribution < -0.4 is 20.1 Å². The van der Waals surface area contributed by atoms with Gasteiger partial charge in [-0.05, 0) is 30.5 Å². The Morgan fingerprint density at radius 1 is 1.10 bits per heavy atom. The van der Waals surface area contributed by atoms with E-state index in [0.717, 1.165) is 24.8 Å². The number of aromatic nitrogens is 1. The highest BCUT2D eigenvalue weighted by Gasteiger charge is 2.34. The van der Waals surface area contributed by atoms with Crippen molar-refractivity contribution in [3.8, 4) is 11.5 Å². The van der Waals surface area contributed by atoms with Gasteiger partial charge in [0.05, 0.1) is 16.5 Å². The lowest BCUT2D eigenvalue weighted by Crippen LogP contribution is -2.35. The van der Waals surface area contributed by atoms with Crippen LogP contribution in [0.25, 0.3) is 0 Å². The van der Waals surface area contributed by atoms with Crippen molar-refractivity contribution in [2.75, 3.05) is 12.1 Å². The number of fused-ring (bicyclic) bond motifs is 2. The summed E-state index contributed by atoms with van der Waals surface area (Å²) in [6.45, 7) is 0.543. The number of nitrogens with one attached hydrogen (secondary N) is 2. The topological polar surface area (TPSA) is 107 Å². The molecule has 3 aliphatic rings. The Morgan fingerprint density at radius 2 is 1.93 bits per heavy atom. The number of hydrogen-bond acceptors (Lipinski definition) is 7. The molecule has 156 valence electrons. The number of anilines is 1. The minimum absolute atomic E-state index is 0.0298. The average molecular weight is 427 g/mol. The second-order valence-electron chi connectivity index (χ2n) is 7.85. The maximum absolute atomic E-state index is 12.7. The van der Waals surface area contributed by atoms with E-state index in [4.69, 9.17) is 9.47 Å². The zero-order valence-electron chi connectivity index (χ0n) is 16.2. The van der Waals surface area contributed by atoms with E-state index in [9.17, 15) is 14.4 Å². The lowest BCUT2D eigenvalue weighted by molar-refractivity contribution is -0.125. The quantitative estimate of drug-likeness (QED) is 0.760. The summed E-state index contributed by atoms with van der Waals surface area (Å²) in [5, 5.41) is 6.18. The molecule has 0 radical (unpaired) electrons. The van der Waals surface area contributed by atoms with E-state index in [1.165, 1.54) is 11.3 Å². The first-order valence-corrected chi connectivity index (χ1v) is 10.9.